The Balaban J connectivity index is 1.30. The second-order valence-corrected chi connectivity index (χ2v) is 7.87. The fraction of sp³-hybridized carbons (Fsp3) is 0.381. The zero-order chi connectivity index (χ0) is 19.9. The van der Waals surface area contributed by atoms with E-state index in [0.717, 1.165) is 48.1 Å². The molecule has 1 aromatic carbocycles. The Morgan fingerprint density at radius 1 is 1.24 bits per heavy atom. The van der Waals surface area contributed by atoms with Crippen LogP contribution in [-0.4, -0.2) is 57.3 Å². The van der Waals surface area contributed by atoms with Gasteiger partial charge in [0, 0.05) is 42.1 Å². The van der Waals surface area contributed by atoms with Crippen molar-refractivity contribution in [2.75, 3.05) is 31.6 Å². The predicted octanol–water partition coefficient (Wildman–Crippen LogP) is 3.57. The number of hydrogen-bond acceptors (Lipinski definition) is 8. The third-order valence-electron chi connectivity index (χ3n) is 4.97. The average Bonchev–Trinajstić information content (AvgIpc) is 3.44. The van der Waals surface area contributed by atoms with Gasteiger partial charge in [-0.1, -0.05) is 6.07 Å². The summed E-state index contributed by atoms with van der Waals surface area (Å²) in [6.07, 6.45) is 6.70. The van der Waals surface area contributed by atoms with Gasteiger partial charge in [0.05, 0.1) is 13.2 Å². The molecule has 1 unspecified atom stereocenters. The van der Waals surface area contributed by atoms with Crippen molar-refractivity contribution < 1.29 is 9.84 Å². The molecule has 0 radical (unpaired) electrons. The lowest BCUT2D eigenvalue weighted by Gasteiger charge is -2.22. The van der Waals surface area contributed by atoms with E-state index in [2.05, 4.69) is 25.2 Å². The Hall–Kier alpha value is -2.55. The Kier molecular flexibility index (Phi) is 6.66. The van der Waals surface area contributed by atoms with Gasteiger partial charge in [0.15, 0.2) is 0 Å². The summed E-state index contributed by atoms with van der Waals surface area (Å²) >= 11 is 1.55. The number of ether oxygens (including phenoxy) is 1. The summed E-state index contributed by atoms with van der Waals surface area (Å²) in [4.78, 5) is 15.5. The molecule has 0 bridgehead atoms. The van der Waals surface area contributed by atoms with Crippen LogP contribution in [0.25, 0.3) is 10.7 Å². The van der Waals surface area contributed by atoms with Crippen LogP contribution in [0, 0.1) is 0 Å². The number of rotatable bonds is 9. The third kappa shape index (κ3) is 5.29. The second-order valence-electron chi connectivity index (χ2n) is 6.97. The first-order chi connectivity index (χ1) is 14.3. The molecule has 2 N–H and O–H groups in total. The minimum absolute atomic E-state index is 0.250. The first-order valence-electron chi connectivity index (χ1n) is 9.89. The van der Waals surface area contributed by atoms with E-state index >= 15 is 0 Å². The molecule has 1 saturated heterocycles. The van der Waals surface area contributed by atoms with E-state index in [1.54, 1.807) is 23.7 Å². The quantitative estimate of drug-likeness (QED) is 0.521. The number of likely N-dealkylation sites (tertiary alicyclic amines) is 1. The fourth-order valence-electron chi connectivity index (χ4n) is 3.53. The maximum absolute atomic E-state index is 9.40. The second kappa shape index (κ2) is 9.78. The van der Waals surface area contributed by atoms with Crippen molar-refractivity contribution in [1.29, 1.82) is 0 Å². The van der Waals surface area contributed by atoms with Crippen molar-refractivity contribution in [3.63, 3.8) is 0 Å². The first-order valence-corrected chi connectivity index (χ1v) is 10.8. The van der Waals surface area contributed by atoms with Crippen LogP contribution in [0.1, 0.15) is 19.3 Å². The van der Waals surface area contributed by atoms with Gasteiger partial charge in [0.2, 0.25) is 5.95 Å². The molecule has 0 saturated carbocycles. The molecular formula is C21H25N5O2S. The van der Waals surface area contributed by atoms with E-state index in [1.807, 2.05) is 35.7 Å². The zero-order valence-corrected chi connectivity index (χ0v) is 17.0. The van der Waals surface area contributed by atoms with Crippen molar-refractivity contribution in [2.45, 2.75) is 25.3 Å². The molecule has 1 fully saturated rings. The highest BCUT2D eigenvalue weighted by Crippen LogP contribution is 2.23. The largest absolute Gasteiger partial charge is 0.493 e. The minimum Gasteiger partial charge on any atom is -0.493 e. The van der Waals surface area contributed by atoms with Crippen LogP contribution in [-0.2, 0) is 0 Å². The van der Waals surface area contributed by atoms with Crippen LogP contribution in [0.3, 0.4) is 0 Å². The third-order valence-corrected chi connectivity index (χ3v) is 5.76. The summed E-state index contributed by atoms with van der Waals surface area (Å²) in [5, 5.41) is 15.4. The molecule has 1 aliphatic heterocycles. The standard InChI is InChI=1S/C21H25N5O2S/c27-15-17-5-2-10-26(17)11-3-12-28-18-6-1-4-16(14-18)24-21-23-8-7-19(25-21)20-22-9-13-29-20/h1,4,6-9,13-14,17,27H,2-3,5,10-12,15H2,(H,23,24,25). The summed E-state index contributed by atoms with van der Waals surface area (Å²) in [6.45, 7) is 2.93. The van der Waals surface area contributed by atoms with Gasteiger partial charge in [0.25, 0.3) is 0 Å². The molecule has 1 aliphatic rings. The number of benzene rings is 1. The van der Waals surface area contributed by atoms with Gasteiger partial charge < -0.3 is 15.2 Å². The number of hydrogen-bond donors (Lipinski definition) is 2. The van der Waals surface area contributed by atoms with Crippen molar-refractivity contribution in [3.05, 3.63) is 48.1 Å². The van der Waals surface area contributed by atoms with Crippen molar-refractivity contribution >= 4 is 23.0 Å². The van der Waals surface area contributed by atoms with E-state index in [-0.39, 0.29) is 6.61 Å². The number of nitrogens with one attached hydrogen (secondary N) is 1. The van der Waals surface area contributed by atoms with Gasteiger partial charge in [-0.2, -0.15) is 0 Å². The molecule has 4 rings (SSSR count). The van der Waals surface area contributed by atoms with Crippen LogP contribution in [0.5, 0.6) is 5.75 Å². The highest BCUT2D eigenvalue weighted by molar-refractivity contribution is 7.13. The van der Waals surface area contributed by atoms with Gasteiger partial charge in [-0.05, 0) is 44.0 Å². The van der Waals surface area contributed by atoms with Crippen LogP contribution < -0.4 is 10.1 Å². The number of thiazole rings is 1. The Morgan fingerprint density at radius 3 is 3.07 bits per heavy atom. The Labute approximate surface area is 174 Å². The number of aromatic nitrogens is 3. The lowest BCUT2D eigenvalue weighted by Crippen LogP contribution is -2.33. The lowest BCUT2D eigenvalue weighted by molar-refractivity contribution is 0.150. The number of nitrogens with zero attached hydrogens (tertiary/aromatic N) is 4. The normalized spacial score (nSPS) is 16.8. The number of aliphatic hydroxyl groups is 1. The highest BCUT2D eigenvalue weighted by atomic mass is 32.1. The summed E-state index contributed by atoms with van der Waals surface area (Å²) in [5.41, 5.74) is 1.67. The van der Waals surface area contributed by atoms with Gasteiger partial charge in [-0.25, -0.2) is 15.0 Å². The van der Waals surface area contributed by atoms with E-state index in [0.29, 0.717) is 18.6 Å². The van der Waals surface area contributed by atoms with E-state index < -0.39 is 0 Å². The molecule has 1 atom stereocenters. The molecule has 0 aliphatic carbocycles. The molecular weight excluding hydrogens is 386 g/mol. The summed E-state index contributed by atoms with van der Waals surface area (Å²) < 4.78 is 5.92. The molecule has 2 aromatic heterocycles. The molecule has 3 aromatic rings. The summed E-state index contributed by atoms with van der Waals surface area (Å²) in [6, 6.07) is 9.98. The average molecular weight is 412 g/mol. The zero-order valence-electron chi connectivity index (χ0n) is 16.2. The van der Waals surface area contributed by atoms with Gasteiger partial charge >= 0.3 is 0 Å². The Morgan fingerprint density at radius 2 is 2.21 bits per heavy atom. The highest BCUT2D eigenvalue weighted by Gasteiger charge is 2.22. The molecule has 29 heavy (non-hydrogen) atoms. The van der Waals surface area contributed by atoms with Crippen LogP contribution in [0.2, 0.25) is 0 Å². The van der Waals surface area contributed by atoms with Crippen molar-refractivity contribution in [2.24, 2.45) is 0 Å². The molecule has 7 nitrogen and oxygen atoms in total. The number of aliphatic hydroxyl groups excluding tert-OH is 1. The number of anilines is 2. The van der Waals surface area contributed by atoms with Crippen LogP contribution in [0.4, 0.5) is 11.6 Å². The Bertz CT molecular complexity index is 906. The SMILES string of the molecule is OCC1CCCN1CCCOc1cccc(Nc2nccc(-c3nccs3)n2)c1. The smallest absolute Gasteiger partial charge is 0.227 e. The van der Waals surface area contributed by atoms with Gasteiger partial charge in [-0.3, -0.25) is 4.90 Å². The van der Waals surface area contributed by atoms with Crippen LogP contribution >= 0.6 is 11.3 Å². The summed E-state index contributed by atoms with van der Waals surface area (Å²) in [5.74, 6) is 1.34. The predicted molar refractivity (Wildman–Crippen MR) is 115 cm³/mol. The fourth-order valence-corrected chi connectivity index (χ4v) is 4.14. The maximum atomic E-state index is 9.40. The molecule has 3 heterocycles. The van der Waals surface area contributed by atoms with Gasteiger partial charge in [-0.15, -0.1) is 11.3 Å². The minimum atomic E-state index is 0.250. The lowest BCUT2D eigenvalue weighted by atomic mass is 10.2. The van der Waals surface area contributed by atoms with E-state index in [4.69, 9.17) is 4.74 Å². The molecule has 152 valence electrons. The van der Waals surface area contributed by atoms with Gasteiger partial charge in [0.1, 0.15) is 16.5 Å². The monoisotopic (exact) mass is 411 g/mol. The van der Waals surface area contributed by atoms with E-state index in [1.165, 1.54) is 6.42 Å². The van der Waals surface area contributed by atoms with Crippen molar-refractivity contribution in [3.8, 4) is 16.5 Å². The van der Waals surface area contributed by atoms with Crippen LogP contribution in [0.15, 0.2) is 48.1 Å². The molecule has 0 spiro atoms. The molecule has 8 heteroatoms. The van der Waals surface area contributed by atoms with Crippen molar-refractivity contribution in [1.82, 2.24) is 19.9 Å². The summed E-state index contributed by atoms with van der Waals surface area (Å²) in [7, 11) is 0. The molecule has 0 amide bonds. The maximum Gasteiger partial charge on any atom is 0.227 e. The topological polar surface area (TPSA) is 83.4 Å². The first kappa shape index (κ1) is 19.8. The van der Waals surface area contributed by atoms with E-state index in [9.17, 15) is 5.11 Å².